The number of hydrogen-bond donors (Lipinski definition) is 1. The van der Waals surface area contributed by atoms with Gasteiger partial charge in [-0.05, 0) is 50.9 Å². The van der Waals surface area contributed by atoms with E-state index < -0.39 is 5.92 Å². The lowest BCUT2D eigenvalue weighted by Gasteiger charge is -2.32. The lowest BCUT2D eigenvalue weighted by atomic mass is 10.0. The van der Waals surface area contributed by atoms with Gasteiger partial charge in [-0.3, -0.25) is 14.3 Å². The summed E-state index contributed by atoms with van der Waals surface area (Å²) >= 11 is 0. The molecule has 0 spiro atoms. The summed E-state index contributed by atoms with van der Waals surface area (Å²) < 4.78 is 28.9. The molecule has 1 aliphatic rings. The molecule has 0 saturated carbocycles. The number of fused-ring (bicyclic) bond motifs is 1. The number of rotatable bonds is 6. The standard InChI is InChI=1S/C24H29F2N5O.CH4/c1-16(2)31-21(32)10-9-20-13-27-23(29-22(20)31)28-17(3)19-7-5-18(6-8-19)14-30-12-4-11-24(25,26)15-30;/h5-10,13,16-17H,4,11-12,14-15H2,1-3H3,(H,27,28,29);1H4/t17-;/m0./s1. The first-order valence-electron chi connectivity index (χ1n) is 11.1. The molecule has 1 aliphatic heterocycles. The van der Waals surface area contributed by atoms with Crippen LogP contribution in [0.5, 0.6) is 0 Å². The van der Waals surface area contributed by atoms with Crippen molar-refractivity contribution in [2.24, 2.45) is 0 Å². The number of piperidine rings is 1. The summed E-state index contributed by atoms with van der Waals surface area (Å²) in [5, 5.41) is 4.11. The molecule has 0 aliphatic carbocycles. The van der Waals surface area contributed by atoms with Crippen molar-refractivity contribution in [2.75, 3.05) is 18.4 Å². The molecule has 1 aromatic carbocycles. The van der Waals surface area contributed by atoms with Crippen LogP contribution in [-0.4, -0.2) is 38.4 Å². The number of halogens is 2. The Hall–Kier alpha value is -2.87. The Morgan fingerprint density at radius 1 is 1.12 bits per heavy atom. The Balaban J connectivity index is 0.00000306. The number of nitrogens with one attached hydrogen (secondary N) is 1. The minimum absolute atomic E-state index is 0. The molecule has 33 heavy (non-hydrogen) atoms. The molecule has 1 N–H and O–H groups in total. The Morgan fingerprint density at radius 2 is 1.85 bits per heavy atom. The molecule has 0 unspecified atom stereocenters. The highest BCUT2D eigenvalue weighted by molar-refractivity contribution is 5.75. The fourth-order valence-electron chi connectivity index (χ4n) is 4.24. The molecule has 3 aromatic rings. The van der Waals surface area contributed by atoms with E-state index in [-0.39, 0.29) is 38.0 Å². The minimum atomic E-state index is -2.59. The van der Waals surface area contributed by atoms with Gasteiger partial charge in [0.25, 0.3) is 11.5 Å². The maximum Gasteiger partial charge on any atom is 0.260 e. The van der Waals surface area contributed by atoms with Gasteiger partial charge in [0, 0.05) is 36.7 Å². The summed E-state index contributed by atoms with van der Waals surface area (Å²) in [5.74, 6) is -2.14. The normalized spacial score (nSPS) is 17.0. The van der Waals surface area contributed by atoms with Crippen molar-refractivity contribution < 1.29 is 8.78 Å². The van der Waals surface area contributed by atoms with Gasteiger partial charge in [-0.15, -0.1) is 0 Å². The van der Waals surface area contributed by atoms with Crippen LogP contribution in [-0.2, 0) is 6.54 Å². The second kappa shape index (κ2) is 9.95. The number of benzene rings is 1. The number of likely N-dealkylation sites (tertiary alicyclic amines) is 1. The van der Waals surface area contributed by atoms with Crippen LogP contribution < -0.4 is 10.9 Å². The summed E-state index contributed by atoms with van der Waals surface area (Å²) in [6, 6.07) is 11.2. The van der Waals surface area contributed by atoms with Crippen LogP contribution in [0.15, 0.2) is 47.4 Å². The molecule has 178 valence electrons. The summed E-state index contributed by atoms with van der Waals surface area (Å²) in [6.07, 6.45) is 2.23. The zero-order chi connectivity index (χ0) is 22.9. The van der Waals surface area contributed by atoms with Crippen LogP contribution in [0.25, 0.3) is 11.0 Å². The highest BCUT2D eigenvalue weighted by Crippen LogP contribution is 2.28. The van der Waals surface area contributed by atoms with Gasteiger partial charge in [0.05, 0.1) is 12.6 Å². The monoisotopic (exact) mass is 457 g/mol. The predicted octanol–water partition coefficient (Wildman–Crippen LogP) is 5.41. The zero-order valence-corrected chi connectivity index (χ0v) is 18.7. The number of nitrogens with zero attached hydrogens (tertiary/aromatic N) is 4. The SMILES string of the molecule is C.CC(C)n1c(=O)ccc2cnc(N[C@@H](C)c3ccc(CN4CCCC(F)(F)C4)cc3)nc21. The predicted molar refractivity (Wildman–Crippen MR) is 129 cm³/mol. The molecule has 8 heteroatoms. The van der Waals surface area contributed by atoms with E-state index in [2.05, 4.69) is 15.3 Å². The van der Waals surface area contributed by atoms with Gasteiger partial charge < -0.3 is 5.32 Å². The fraction of sp³-hybridized carbons (Fsp3) is 0.480. The topological polar surface area (TPSA) is 63.1 Å². The lowest BCUT2D eigenvalue weighted by molar-refractivity contribution is -0.0661. The van der Waals surface area contributed by atoms with Crippen LogP contribution in [0.1, 0.15) is 64.3 Å². The Kier molecular flexibility index (Phi) is 7.47. The Morgan fingerprint density at radius 3 is 2.52 bits per heavy atom. The highest BCUT2D eigenvalue weighted by atomic mass is 19.3. The third-order valence-electron chi connectivity index (χ3n) is 5.89. The molecule has 1 saturated heterocycles. The average Bonchev–Trinajstić information content (AvgIpc) is 2.73. The minimum Gasteiger partial charge on any atom is -0.348 e. The molecule has 1 atom stereocenters. The van der Waals surface area contributed by atoms with Crippen LogP contribution in [0.2, 0.25) is 0 Å². The van der Waals surface area contributed by atoms with Crippen molar-refractivity contribution >= 4 is 17.0 Å². The van der Waals surface area contributed by atoms with Crippen molar-refractivity contribution in [3.63, 3.8) is 0 Å². The Labute approximate surface area is 193 Å². The molecule has 4 rings (SSSR count). The van der Waals surface area contributed by atoms with E-state index in [9.17, 15) is 13.6 Å². The molecule has 2 aromatic heterocycles. The molecule has 0 radical (unpaired) electrons. The lowest BCUT2D eigenvalue weighted by Crippen LogP contribution is -2.41. The van der Waals surface area contributed by atoms with Gasteiger partial charge in [0.2, 0.25) is 5.95 Å². The van der Waals surface area contributed by atoms with Gasteiger partial charge >= 0.3 is 0 Å². The van der Waals surface area contributed by atoms with E-state index in [0.717, 1.165) is 16.5 Å². The van der Waals surface area contributed by atoms with Gasteiger partial charge in [0.15, 0.2) is 0 Å². The second-order valence-electron chi connectivity index (χ2n) is 8.89. The Bertz CT molecular complexity index is 1140. The highest BCUT2D eigenvalue weighted by Gasteiger charge is 2.34. The van der Waals surface area contributed by atoms with E-state index in [1.807, 2.05) is 49.9 Å². The zero-order valence-electron chi connectivity index (χ0n) is 18.7. The van der Waals surface area contributed by atoms with Gasteiger partial charge in [0.1, 0.15) is 5.65 Å². The van der Waals surface area contributed by atoms with Crippen LogP contribution in [0, 0.1) is 0 Å². The van der Waals surface area contributed by atoms with E-state index in [1.165, 1.54) is 6.07 Å². The molecule has 0 bridgehead atoms. The first-order valence-corrected chi connectivity index (χ1v) is 11.1. The first kappa shape index (κ1) is 24.8. The largest absolute Gasteiger partial charge is 0.348 e. The second-order valence-corrected chi connectivity index (χ2v) is 8.89. The average molecular weight is 458 g/mol. The maximum atomic E-state index is 13.6. The van der Waals surface area contributed by atoms with Crippen molar-refractivity contribution in [1.29, 1.82) is 0 Å². The number of alkyl halides is 2. The maximum absolute atomic E-state index is 13.6. The van der Waals surface area contributed by atoms with E-state index in [0.29, 0.717) is 31.1 Å². The number of hydrogen-bond acceptors (Lipinski definition) is 5. The van der Waals surface area contributed by atoms with Gasteiger partial charge in [-0.2, -0.15) is 4.98 Å². The third kappa shape index (κ3) is 5.74. The van der Waals surface area contributed by atoms with Crippen LogP contribution >= 0.6 is 0 Å². The quantitative estimate of drug-likeness (QED) is 0.536. The smallest absolute Gasteiger partial charge is 0.260 e. The van der Waals surface area contributed by atoms with E-state index in [4.69, 9.17) is 0 Å². The molecular formula is C25H33F2N5O. The van der Waals surface area contributed by atoms with Crippen LogP contribution in [0.4, 0.5) is 14.7 Å². The number of aromatic nitrogens is 3. The first-order chi connectivity index (χ1) is 15.2. The molecule has 3 heterocycles. The summed E-state index contributed by atoms with van der Waals surface area (Å²) in [4.78, 5) is 23.1. The molecule has 0 amide bonds. The molecule has 6 nitrogen and oxygen atoms in total. The van der Waals surface area contributed by atoms with Gasteiger partial charge in [-0.1, -0.05) is 31.7 Å². The van der Waals surface area contributed by atoms with Gasteiger partial charge in [-0.25, -0.2) is 13.8 Å². The molecular weight excluding hydrogens is 424 g/mol. The van der Waals surface area contributed by atoms with E-state index >= 15 is 0 Å². The molecule has 1 fully saturated rings. The van der Waals surface area contributed by atoms with Crippen molar-refractivity contribution in [3.05, 3.63) is 64.1 Å². The van der Waals surface area contributed by atoms with E-state index in [1.54, 1.807) is 16.8 Å². The summed E-state index contributed by atoms with van der Waals surface area (Å²) in [5.41, 5.74) is 2.57. The summed E-state index contributed by atoms with van der Waals surface area (Å²) in [7, 11) is 0. The van der Waals surface area contributed by atoms with Crippen LogP contribution in [0.3, 0.4) is 0 Å². The third-order valence-corrected chi connectivity index (χ3v) is 5.89. The van der Waals surface area contributed by atoms with Crippen molar-refractivity contribution in [1.82, 2.24) is 19.4 Å². The van der Waals surface area contributed by atoms with Crippen molar-refractivity contribution in [3.8, 4) is 0 Å². The number of anilines is 1. The van der Waals surface area contributed by atoms with Crippen molar-refractivity contribution in [2.45, 2.75) is 65.6 Å². The summed E-state index contributed by atoms with van der Waals surface area (Å²) in [6.45, 7) is 6.96. The fourth-order valence-corrected chi connectivity index (χ4v) is 4.24. The number of pyridine rings is 1.